The quantitative estimate of drug-likeness (QED) is 0.718. The number of aromatic nitrogens is 1. The highest BCUT2D eigenvalue weighted by atomic mass is 35.5. The Morgan fingerprint density at radius 2 is 2.00 bits per heavy atom. The third-order valence-electron chi connectivity index (χ3n) is 1.60. The summed E-state index contributed by atoms with van der Waals surface area (Å²) in [6, 6.07) is 5.51. The molecule has 1 aromatic heterocycles. The van der Waals surface area contributed by atoms with E-state index in [1.165, 1.54) is 0 Å². The molecule has 1 aromatic carbocycles. The zero-order chi connectivity index (χ0) is 9.26. The van der Waals surface area contributed by atoms with E-state index in [4.69, 9.17) is 23.2 Å². The van der Waals surface area contributed by atoms with Gasteiger partial charge in [-0.3, -0.25) is 0 Å². The Morgan fingerprint density at radius 1 is 1.15 bits per heavy atom. The Balaban J connectivity index is 2.49. The number of benzene rings is 1. The lowest BCUT2D eigenvalue weighted by molar-refractivity contribution is 1.41. The highest BCUT2D eigenvalue weighted by Gasteiger charge is 2.03. The van der Waals surface area contributed by atoms with Gasteiger partial charge in [-0.25, -0.2) is 4.98 Å². The fraction of sp³-hybridized carbons (Fsp3) is 0. The Hall–Kier alpha value is -0.570. The normalized spacial score (nSPS) is 10.3. The predicted molar refractivity (Wildman–Crippen MR) is 57.6 cm³/mol. The first-order valence-corrected chi connectivity index (χ1v) is 5.26. The van der Waals surface area contributed by atoms with Crippen LogP contribution in [0.5, 0.6) is 0 Å². The van der Waals surface area contributed by atoms with Gasteiger partial charge in [0.05, 0.1) is 10.0 Å². The number of halogens is 2. The molecule has 13 heavy (non-hydrogen) atoms. The summed E-state index contributed by atoms with van der Waals surface area (Å²) in [5.74, 6) is 0. The van der Waals surface area contributed by atoms with E-state index in [1.54, 1.807) is 23.6 Å². The van der Waals surface area contributed by atoms with Crippen molar-refractivity contribution >= 4 is 34.5 Å². The van der Waals surface area contributed by atoms with Crippen molar-refractivity contribution in [3.8, 4) is 10.6 Å². The molecule has 0 aliphatic heterocycles. The van der Waals surface area contributed by atoms with Gasteiger partial charge in [-0.1, -0.05) is 29.3 Å². The summed E-state index contributed by atoms with van der Waals surface area (Å²) in [6.45, 7) is 0. The zero-order valence-electron chi connectivity index (χ0n) is 6.50. The Kier molecular flexibility index (Phi) is 2.54. The fourth-order valence-corrected chi connectivity index (χ4v) is 1.93. The molecule has 0 bridgehead atoms. The summed E-state index contributed by atoms with van der Waals surface area (Å²) in [6.07, 6.45) is 1.77. The van der Waals surface area contributed by atoms with Crippen LogP contribution in [0.1, 0.15) is 0 Å². The molecule has 0 saturated carbocycles. The molecule has 66 valence electrons. The molecule has 0 unspecified atom stereocenters. The lowest BCUT2D eigenvalue weighted by Gasteiger charge is -1.98. The van der Waals surface area contributed by atoms with E-state index in [9.17, 15) is 0 Å². The second-order valence-electron chi connectivity index (χ2n) is 2.47. The average molecular weight is 230 g/mol. The van der Waals surface area contributed by atoms with E-state index in [2.05, 4.69) is 4.98 Å². The topological polar surface area (TPSA) is 12.9 Å². The van der Waals surface area contributed by atoms with Crippen molar-refractivity contribution in [3.05, 3.63) is 39.8 Å². The van der Waals surface area contributed by atoms with Crippen LogP contribution in [0.3, 0.4) is 0 Å². The summed E-state index contributed by atoms with van der Waals surface area (Å²) < 4.78 is 0. The van der Waals surface area contributed by atoms with Crippen LogP contribution in [0, 0.1) is 0 Å². The molecule has 0 aliphatic carbocycles. The molecule has 0 amide bonds. The summed E-state index contributed by atoms with van der Waals surface area (Å²) in [5, 5.41) is 4.02. The van der Waals surface area contributed by atoms with Gasteiger partial charge in [0.15, 0.2) is 0 Å². The lowest BCUT2D eigenvalue weighted by atomic mass is 10.2. The van der Waals surface area contributed by atoms with Crippen molar-refractivity contribution in [2.75, 3.05) is 0 Å². The second-order valence-corrected chi connectivity index (χ2v) is 4.18. The molecule has 2 aromatic rings. The van der Waals surface area contributed by atoms with Crippen molar-refractivity contribution in [2.24, 2.45) is 0 Å². The molecule has 1 nitrogen and oxygen atoms in total. The van der Waals surface area contributed by atoms with Crippen LogP contribution in [0.15, 0.2) is 29.8 Å². The smallest absolute Gasteiger partial charge is 0.123 e. The van der Waals surface area contributed by atoms with Crippen LogP contribution in [-0.2, 0) is 0 Å². The molecular formula is C9H5Cl2NS. The molecule has 0 N–H and O–H groups in total. The molecule has 2 rings (SSSR count). The highest BCUT2D eigenvalue weighted by molar-refractivity contribution is 7.13. The minimum absolute atomic E-state index is 0.564. The molecule has 4 heteroatoms. The fourth-order valence-electron chi connectivity index (χ4n) is 0.995. The van der Waals surface area contributed by atoms with Gasteiger partial charge >= 0.3 is 0 Å². The largest absolute Gasteiger partial charge is 0.245 e. The summed E-state index contributed by atoms with van der Waals surface area (Å²) >= 11 is 13.2. The standard InChI is InChI=1S/C9H5Cl2NS/c10-7-2-1-6(5-8(7)11)9-12-3-4-13-9/h1-5H. The van der Waals surface area contributed by atoms with Gasteiger partial charge in [0.25, 0.3) is 0 Å². The molecule has 0 fully saturated rings. The Labute approximate surface area is 90.0 Å². The van der Waals surface area contributed by atoms with Crippen LogP contribution in [-0.4, -0.2) is 4.98 Å². The van der Waals surface area contributed by atoms with Crippen molar-refractivity contribution in [2.45, 2.75) is 0 Å². The molecule has 0 radical (unpaired) electrons. The molecule has 1 heterocycles. The van der Waals surface area contributed by atoms with Crippen molar-refractivity contribution in [1.82, 2.24) is 4.98 Å². The molecule has 0 saturated heterocycles. The first-order valence-electron chi connectivity index (χ1n) is 3.62. The number of nitrogens with zero attached hydrogens (tertiary/aromatic N) is 1. The van der Waals surface area contributed by atoms with Crippen LogP contribution >= 0.6 is 34.5 Å². The van der Waals surface area contributed by atoms with Gasteiger partial charge in [-0.05, 0) is 12.1 Å². The summed E-state index contributed by atoms with van der Waals surface area (Å²) in [5.41, 5.74) is 1.00. The minimum atomic E-state index is 0.564. The number of hydrogen-bond donors (Lipinski definition) is 0. The highest BCUT2D eigenvalue weighted by Crippen LogP contribution is 2.29. The van der Waals surface area contributed by atoms with E-state index in [0.29, 0.717) is 10.0 Å². The number of hydrogen-bond acceptors (Lipinski definition) is 2. The molecular weight excluding hydrogens is 225 g/mol. The minimum Gasteiger partial charge on any atom is -0.245 e. The predicted octanol–water partition coefficient (Wildman–Crippen LogP) is 4.12. The van der Waals surface area contributed by atoms with E-state index in [-0.39, 0.29) is 0 Å². The van der Waals surface area contributed by atoms with Crippen molar-refractivity contribution in [1.29, 1.82) is 0 Å². The van der Waals surface area contributed by atoms with E-state index < -0.39 is 0 Å². The first-order chi connectivity index (χ1) is 6.27. The first kappa shape index (κ1) is 9.00. The van der Waals surface area contributed by atoms with Crippen LogP contribution in [0.4, 0.5) is 0 Å². The lowest BCUT2D eigenvalue weighted by Crippen LogP contribution is -1.75. The Bertz CT molecular complexity index is 412. The zero-order valence-corrected chi connectivity index (χ0v) is 8.83. The third-order valence-corrected chi connectivity index (χ3v) is 3.16. The van der Waals surface area contributed by atoms with Crippen LogP contribution in [0.2, 0.25) is 10.0 Å². The van der Waals surface area contributed by atoms with Crippen molar-refractivity contribution in [3.63, 3.8) is 0 Å². The van der Waals surface area contributed by atoms with Gasteiger partial charge in [-0.2, -0.15) is 0 Å². The van der Waals surface area contributed by atoms with Crippen molar-refractivity contribution < 1.29 is 0 Å². The second kappa shape index (κ2) is 3.66. The van der Waals surface area contributed by atoms with Crippen LogP contribution in [0.25, 0.3) is 10.6 Å². The van der Waals surface area contributed by atoms with Gasteiger partial charge < -0.3 is 0 Å². The monoisotopic (exact) mass is 229 g/mol. The third kappa shape index (κ3) is 1.85. The number of rotatable bonds is 1. The van der Waals surface area contributed by atoms with E-state index in [0.717, 1.165) is 10.6 Å². The SMILES string of the molecule is Clc1ccc(-c2nccs2)cc1Cl. The average Bonchev–Trinajstić information content (AvgIpc) is 2.62. The van der Waals surface area contributed by atoms with Gasteiger partial charge in [-0.15, -0.1) is 11.3 Å². The maximum atomic E-state index is 5.88. The molecule has 0 spiro atoms. The summed E-state index contributed by atoms with van der Waals surface area (Å²) in [7, 11) is 0. The number of thiazole rings is 1. The van der Waals surface area contributed by atoms with Crippen LogP contribution < -0.4 is 0 Å². The maximum absolute atomic E-state index is 5.88. The molecule has 0 atom stereocenters. The van der Waals surface area contributed by atoms with E-state index in [1.807, 2.05) is 17.5 Å². The van der Waals surface area contributed by atoms with Gasteiger partial charge in [0.2, 0.25) is 0 Å². The molecule has 0 aliphatic rings. The van der Waals surface area contributed by atoms with Gasteiger partial charge in [0.1, 0.15) is 5.01 Å². The Morgan fingerprint density at radius 3 is 2.62 bits per heavy atom. The maximum Gasteiger partial charge on any atom is 0.123 e. The van der Waals surface area contributed by atoms with E-state index >= 15 is 0 Å². The summed E-state index contributed by atoms with van der Waals surface area (Å²) in [4.78, 5) is 4.17. The van der Waals surface area contributed by atoms with Gasteiger partial charge in [0, 0.05) is 17.1 Å².